The second-order valence-corrected chi connectivity index (χ2v) is 9.34. The quantitative estimate of drug-likeness (QED) is 0.175. The molecule has 0 amide bonds. The molecule has 0 radical (unpaired) electrons. The van der Waals surface area contributed by atoms with Crippen molar-refractivity contribution in [2.24, 2.45) is 5.92 Å². The molecule has 3 heteroatoms. The second kappa shape index (κ2) is 20.2. The average molecular weight is 406 g/mol. The topological polar surface area (TPSA) is 12.0 Å². The Morgan fingerprint density at radius 3 is 1.35 bits per heavy atom. The van der Waals surface area contributed by atoms with Gasteiger partial charge in [0.15, 0.2) is 0 Å². The van der Waals surface area contributed by atoms with E-state index in [9.17, 15) is 0 Å². The van der Waals surface area contributed by atoms with Gasteiger partial charge < -0.3 is 4.98 Å². The third-order valence-electron chi connectivity index (χ3n) is 6.21. The van der Waals surface area contributed by atoms with E-state index >= 15 is 0 Å². The lowest BCUT2D eigenvalue weighted by Gasteiger charge is -2.34. The largest absolute Gasteiger partial charge is 0.340 e. The van der Waals surface area contributed by atoms with E-state index < -0.39 is 0 Å². The van der Waals surface area contributed by atoms with Crippen molar-refractivity contribution in [3.05, 3.63) is 0 Å². The van der Waals surface area contributed by atoms with Crippen molar-refractivity contribution in [1.82, 2.24) is 4.98 Å². The first-order valence-electron chi connectivity index (χ1n) is 11.8. The summed E-state index contributed by atoms with van der Waals surface area (Å²) in [5, 5.41) is 0. The van der Waals surface area contributed by atoms with Crippen LogP contribution in [0.25, 0.3) is 0 Å². The highest BCUT2D eigenvalue weighted by atomic mass is 35.5. The lowest BCUT2D eigenvalue weighted by Crippen LogP contribution is -2.44. The van der Waals surface area contributed by atoms with Crippen molar-refractivity contribution in [1.29, 1.82) is 0 Å². The van der Waals surface area contributed by atoms with E-state index in [0.717, 1.165) is 16.3 Å². The van der Waals surface area contributed by atoms with Gasteiger partial charge in [-0.3, -0.25) is 0 Å². The maximum Gasteiger partial charge on any atom is 0.0755 e. The summed E-state index contributed by atoms with van der Waals surface area (Å²) in [4.78, 5) is 3.66. The molecule has 160 valence electrons. The maximum atomic E-state index is 3.66. The lowest BCUT2D eigenvalue weighted by atomic mass is 9.81. The third-order valence-corrected chi connectivity index (χ3v) is 7.50. The zero-order chi connectivity index (χ0) is 18.8. The first-order chi connectivity index (χ1) is 12.1. The van der Waals surface area contributed by atoms with Gasteiger partial charge in [0.2, 0.25) is 0 Å². The molecule has 26 heavy (non-hydrogen) atoms. The molecule has 0 aromatic carbocycles. The molecule has 0 aliphatic heterocycles. The average Bonchev–Trinajstić information content (AvgIpc) is 2.61. The van der Waals surface area contributed by atoms with Crippen molar-refractivity contribution >= 4 is 22.8 Å². The molecule has 0 saturated carbocycles. The summed E-state index contributed by atoms with van der Waals surface area (Å²) in [7, 11) is 1.11. The summed E-state index contributed by atoms with van der Waals surface area (Å²) in [5.74, 6) is 0.868. The van der Waals surface area contributed by atoms with Crippen LogP contribution in [0.2, 0.25) is 0 Å². The van der Waals surface area contributed by atoms with Crippen LogP contribution in [-0.2, 0) is 0 Å². The van der Waals surface area contributed by atoms with Crippen molar-refractivity contribution in [3.8, 4) is 0 Å². The number of rotatable bonds is 19. The fraction of sp³-hybridized carbons (Fsp3) is 1.00. The van der Waals surface area contributed by atoms with Gasteiger partial charge in [-0.25, -0.2) is 0 Å². The summed E-state index contributed by atoms with van der Waals surface area (Å²) >= 11 is 0. The Morgan fingerprint density at radius 1 is 0.615 bits per heavy atom. The molecule has 1 nitrogen and oxygen atoms in total. The van der Waals surface area contributed by atoms with Crippen molar-refractivity contribution in [2.45, 2.75) is 142 Å². The van der Waals surface area contributed by atoms with Crippen LogP contribution in [0, 0.1) is 5.92 Å². The minimum Gasteiger partial charge on any atom is -0.340 e. The van der Waals surface area contributed by atoms with E-state index in [1.807, 2.05) is 0 Å². The van der Waals surface area contributed by atoms with Gasteiger partial charge in [0.1, 0.15) is 0 Å². The van der Waals surface area contributed by atoms with Gasteiger partial charge in [0, 0.05) is 5.54 Å². The molecular formula is C23H52ClNSi. The highest BCUT2D eigenvalue weighted by Crippen LogP contribution is 2.27. The van der Waals surface area contributed by atoms with Gasteiger partial charge in [-0.05, 0) is 32.6 Å². The van der Waals surface area contributed by atoms with Crippen molar-refractivity contribution in [2.75, 3.05) is 0 Å². The lowest BCUT2D eigenvalue weighted by molar-refractivity contribution is 0.253. The predicted octanol–water partition coefficient (Wildman–Crippen LogP) is 7.34. The molecule has 0 rings (SSSR count). The number of hydrogen-bond donors (Lipinski definition) is 1. The zero-order valence-corrected chi connectivity index (χ0v) is 21.8. The van der Waals surface area contributed by atoms with Crippen LogP contribution in [-0.4, -0.2) is 15.9 Å². The molecule has 1 atom stereocenters. The van der Waals surface area contributed by atoms with E-state index in [1.165, 1.54) is 109 Å². The van der Waals surface area contributed by atoms with Crippen LogP contribution in [0.15, 0.2) is 0 Å². The summed E-state index contributed by atoms with van der Waals surface area (Å²) in [5.41, 5.74) is 0.360. The van der Waals surface area contributed by atoms with Crippen LogP contribution in [0.1, 0.15) is 137 Å². The number of unbranched alkanes of at least 4 members (excludes halogenated alkanes) is 13. The van der Waals surface area contributed by atoms with Gasteiger partial charge in [0.05, 0.1) is 10.4 Å². The Labute approximate surface area is 176 Å². The molecule has 0 aromatic heterocycles. The Balaban J connectivity index is 0. The molecule has 1 N–H and O–H groups in total. The van der Waals surface area contributed by atoms with Gasteiger partial charge >= 0.3 is 0 Å². The molecular weight excluding hydrogens is 354 g/mol. The highest BCUT2D eigenvalue weighted by Gasteiger charge is 2.25. The van der Waals surface area contributed by atoms with Crippen molar-refractivity contribution < 1.29 is 0 Å². The number of hydrogen-bond acceptors (Lipinski definition) is 1. The summed E-state index contributed by atoms with van der Waals surface area (Å²) < 4.78 is 0. The van der Waals surface area contributed by atoms with Crippen LogP contribution in [0.4, 0.5) is 0 Å². The fourth-order valence-electron chi connectivity index (χ4n) is 4.00. The second-order valence-electron chi connectivity index (χ2n) is 8.84. The minimum atomic E-state index is 0. The van der Waals surface area contributed by atoms with Crippen LogP contribution >= 0.6 is 12.4 Å². The van der Waals surface area contributed by atoms with Gasteiger partial charge in [0.25, 0.3) is 0 Å². The summed E-state index contributed by atoms with van der Waals surface area (Å²) in [6.45, 7) is 9.45. The molecule has 0 saturated heterocycles. The van der Waals surface area contributed by atoms with Gasteiger partial charge in [-0.15, -0.1) is 12.4 Å². The SMILES string of the molecule is CCCCCCCCCCCCCCCCC(CCC)C(C)(C)N[SiH3].Cl. The first kappa shape index (κ1) is 28.7. The molecule has 0 spiro atoms. The molecule has 0 aliphatic rings. The molecule has 0 bridgehead atoms. The fourth-order valence-corrected chi connectivity index (χ4v) is 4.41. The van der Waals surface area contributed by atoms with Crippen LogP contribution < -0.4 is 4.98 Å². The Morgan fingerprint density at radius 2 is 1.00 bits per heavy atom. The number of halogens is 1. The Bertz CT molecular complexity index is 271. The molecule has 0 fully saturated rings. The maximum absolute atomic E-state index is 3.66. The Hall–Kier alpha value is 0.467. The van der Waals surface area contributed by atoms with Gasteiger partial charge in [-0.2, -0.15) is 0 Å². The molecule has 0 aromatic rings. The predicted molar refractivity (Wildman–Crippen MR) is 128 cm³/mol. The van der Waals surface area contributed by atoms with Crippen LogP contribution in [0.3, 0.4) is 0 Å². The van der Waals surface area contributed by atoms with E-state index in [1.54, 1.807) is 0 Å². The van der Waals surface area contributed by atoms with E-state index in [4.69, 9.17) is 0 Å². The van der Waals surface area contributed by atoms with E-state index in [-0.39, 0.29) is 12.4 Å². The van der Waals surface area contributed by atoms with Crippen molar-refractivity contribution in [3.63, 3.8) is 0 Å². The molecule has 0 heterocycles. The summed E-state index contributed by atoms with van der Waals surface area (Å²) in [6, 6.07) is 0. The first-order valence-corrected chi connectivity index (χ1v) is 12.8. The molecule has 1 unspecified atom stereocenters. The summed E-state index contributed by atoms with van der Waals surface area (Å²) in [6.07, 6.45) is 24.6. The minimum absolute atomic E-state index is 0. The molecule has 0 aliphatic carbocycles. The van der Waals surface area contributed by atoms with Crippen LogP contribution in [0.5, 0.6) is 0 Å². The third kappa shape index (κ3) is 16.6. The Kier molecular flexibility index (Phi) is 22.3. The van der Waals surface area contributed by atoms with Gasteiger partial charge in [-0.1, -0.05) is 110 Å². The highest BCUT2D eigenvalue weighted by molar-refractivity contribution is 6.04. The van der Waals surface area contributed by atoms with E-state index in [2.05, 4.69) is 32.7 Å². The normalized spacial score (nSPS) is 12.9. The van der Waals surface area contributed by atoms with E-state index in [0.29, 0.717) is 5.54 Å². The monoisotopic (exact) mass is 405 g/mol. The number of nitrogens with one attached hydrogen (secondary N) is 1. The smallest absolute Gasteiger partial charge is 0.0755 e. The zero-order valence-electron chi connectivity index (χ0n) is 19.0. The standard InChI is InChI=1S/C23H51NSi.ClH/c1-5-7-8-9-10-11-12-13-14-15-16-17-18-19-21-22(20-6-2)23(3,4)24-25;/h22,24H,5-21H2,1-4,25H3;1H.